The van der Waals surface area contributed by atoms with Crippen LogP contribution in [0.5, 0.6) is 5.75 Å². The SMILES string of the molecule is O=C(NC1CCC(CCN2CCN(c3nccc4occc34)CC2)CC1)Oc1ccnc2ccccc12. The van der Waals surface area contributed by atoms with Crippen molar-refractivity contribution in [3.05, 3.63) is 61.1 Å². The summed E-state index contributed by atoms with van der Waals surface area (Å²) in [6.45, 7) is 5.23. The molecule has 8 heteroatoms. The van der Waals surface area contributed by atoms with E-state index in [2.05, 4.69) is 25.1 Å². The van der Waals surface area contributed by atoms with Crippen LogP contribution in [0.2, 0.25) is 0 Å². The minimum atomic E-state index is -0.377. The van der Waals surface area contributed by atoms with Crippen molar-refractivity contribution in [3.8, 4) is 5.75 Å². The molecule has 37 heavy (non-hydrogen) atoms. The standard InChI is InChI=1S/C29H33N5O3/c35-29(37-27-10-13-30-25-4-2-1-3-23(25)27)32-22-7-5-21(6-8-22)11-15-33-16-18-34(19-17-33)28-24-12-20-36-26(24)9-14-31-28/h1-4,9-10,12-14,20-22H,5-8,11,15-19H2,(H,32,35). The highest BCUT2D eigenvalue weighted by Gasteiger charge is 2.25. The van der Waals surface area contributed by atoms with Crippen LogP contribution in [0, 0.1) is 5.92 Å². The molecule has 1 N–H and O–H groups in total. The molecule has 4 aromatic rings. The fraction of sp³-hybridized carbons (Fsp3) is 0.414. The first-order chi connectivity index (χ1) is 18.2. The van der Waals surface area contributed by atoms with Crippen LogP contribution in [-0.4, -0.2) is 59.7 Å². The Morgan fingerprint density at radius 2 is 1.76 bits per heavy atom. The van der Waals surface area contributed by atoms with E-state index in [1.165, 1.54) is 6.42 Å². The van der Waals surface area contributed by atoms with Gasteiger partial charge in [0.1, 0.15) is 17.2 Å². The van der Waals surface area contributed by atoms with Crippen molar-refractivity contribution in [2.24, 2.45) is 5.92 Å². The highest BCUT2D eigenvalue weighted by molar-refractivity contribution is 5.88. The fourth-order valence-electron chi connectivity index (χ4n) is 5.73. The second-order valence-corrected chi connectivity index (χ2v) is 10.2. The van der Waals surface area contributed by atoms with Crippen LogP contribution in [0.3, 0.4) is 0 Å². The zero-order valence-electron chi connectivity index (χ0n) is 21.0. The molecule has 3 aromatic heterocycles. The smallest absolute Gasteiger partial charge is 0.412 e. The van der Waals surface area contributed by atoms with Crippen LogP contribution in [0.25, 0.3) is 21.9 Å². The zero-order chi connectivity index (χ0) is 25.0. The largest absolute Gasteiger partial charge is 0.464 e. The van der Waals surface area contributed by atoms with E-state index in [0.29, 0.717) is 5.75 Å². The van der Waals surface area contributed by atoms with E-state index in [1.54, 1.807) is 18.5 Å². The summed E-state index contributed by atoms with van der Waals surface area (Å²) in [6.07, 6.45) is 10.4. The molecular weight excluding hydrogens is 466 g/mol. The molecule has 8 nitrogen and oxygen atoms in total. The number of ether oxygens (including phenoxy) is 1. The van der Waals surface area contributed by atoms with Crippen molar-refractivity contribution in [1.82, 2.24) is 20.2 Å². The lowest BCUT2D eigenvalue weighted by Gasteiger charge is -2.37. The minimum Gasteiger partial charge on any atom is -0.464 e. The van der Waals surface area contributed by atoms with Gasteiger partial charge >= 0.3 is 6.09 Å². The van der Waals surface area contributed by atoms with Gasteiger partial charge in [0, 0.05) is 50.0 Å². The number of para-hydroxylation sites is 1. The molecule has 192 valence electrons. The average Bonchev–Trinajstić information content (AvgIpc) is 3.43. The Morgan fingerprint density at radius 1 is 0.946 bits per heavy atom. The highest BCUT2D eigenvalue weighted by atomic mass is 16.6. The van der Waals surface area contributed by atoms with E-state index in [4.69, 9.17) is 9.15 Å². The number of rotatable bonds is 6. The minimum absolute atomic E-state index is 0.179. The predicted molar refractivity (Wildman–Crippen MR) is 144 cm³/mol. The third-order valence-corrected chi connectivity index (χ3v) is 7.86. The first-order valence-corrected chi connectivity index (χ1v) is 13.3. The molecule has 1 aliphatic heterocycles. The Morgan fingerprint density at radius 3 is 2.62 bits per heavy atom. The van der Waals surface area contributed by atoms with Gasteiger partial charge in [0.25, 0.3) is 0 Å². The third kappa shape index (κ3) is 5.39. The molecule has 0 spiro atoms. The quantitative estimate of drug-likeness (QED) is 0.389. The van der Waals surface area contributed by atoms with E-state index in [9.17, 15) is 4.79 Å². The van der Waals surface area contributed by atoms with Crippen molar-refractivity contribution < 1.29 is 13.9 Å². The first-order valence-electron chi connectivity index (χ1n) is 13.3. The first kappa shape index (κ1) is 23.7. The van der Waals surface area contributed by atoms with Crippen LogP contribution < -0.4 is 15.0 Å². The van der Waals surface area contributed by atoms with Gasteiger partial charge in [-0.05, 0) is 74.9 Å². The highest BCUT2D eigenvalue weighted by Crippen LogP contribution is 2.29. The van der Waals surface area contributed by atoms with Gasteiger partial charge in [-0.2, -0.15) is 0 Å². The van der Waals surface area contributed by atoms with Gasteiger partial charge in [-0.15, -0.1) is 0 Å². The number of hydrogen-bond acceptors (Lipinski definition) is 7. The number of carbonyl (C=O) groups is 1. The second kappa shape index (κ2) is 10.8. The summed E-state index contributed by atoms with van der Waals surface area (Å²) in [5.41, 5.74) is 1.72. The number of benzene rings is 1. The summed E-state index contributed by atoms with van der Waals surface area (Å²) in [5, 5.41) is 5.02. The number of piperazine rings is 1. The van der Waals surface area contributed by atoms with Gasteiger partial charge in [0.15, 0.2) is 0 Å². The normalized spacial score (nSPS) is 20.8. The molecule has 4 heterocycles. The maximum Gasteiger partial charge on any atom is 0.412 e. The third-order valence-electron chi connectivity index (χ3n) is 7.86. The van der Waals surface area contributed by atoms with E-state index < -0.39 is 0 Å². The number of amides is 1. The molecule has 0 atom stereocenters. The topological polar surface area (TPSA) is 83.7 Å². The maximum absolute atomic E-state index is 12.6. The Bertz CT molecular complexity index is 1350. The van der Waals surface area contributed by atoms with E-state index in [0.717, 1.165) is 92.0 Å². The molecule has 1 aromatic carbocycles. The molecule has 1 aliphatic carbocycles. The summed E-state index contributed by atoms with van der Waals surface area (Å²) >= 11 is 0. The van der Waals surface area contributed by atoms with Crippen molar-refractivity contribution in [1.29, 1.82) is 0 Å². The Kier molecular flexibility index (Phi) is 6.90. The Balaban J connectivity index is 0.921. The molecule has 1 saturated heterocycles. The van der Waals surface area contributed by atoms with Gasteiger partial charge in [0.2, 0.25) is 0 Å². The summed E-state index contributed by atoms with van der Waals surface area (Å²) in [7, 11) is 0. The molecule has 6 rings (SSSR count). The lowest BCUT2D eigenvalue weighted by atomic mass is 9.84. The number of carbonyl (C=O) groups excluding carboxylic acids is 1. The van der Waals surface area contributed by atoms with Gasteiger partial charge < -0.3 is 19.4 Å². The number of aromatic nitrogens is 2. The molecule has 0 radical (unpaired) electrons. The number of hydrogen-bond donors (Lipinski definition) is 1. The van der Waals surface area contributed by atoms with Gasteiger partial charge in [-0.3, -0.25) is 9.88 Å². The Labute approximate surface area is 216 Å². The maximum atomic E-state index is 12.6. The van der Waals surface area contributed by atoms with Crippen LogP contribution in [-0.2, 0) is 0 Å². The second-order valence-electron chi connectivity index (χ2n) is 10.2. The summed E-state index contributed by atoms with van der Waals surface area (Å²) < 4.78 is 11.2. The fourth-order valence-corrected chi connectivity index (χ4v) is 5.73. The van der Waals surface area contributed by atoms with Crippen molar-refractivity contribution in [2.75, 3.05) is 37.6 Å². The van der Waals surface area contributed by atoms with Crippen molar-refractivity contribution in [2.45, 2.75) is 38.1 Å². The molecule has 0 bridgehead atoms. The molecule has 1 amide bonds. The van der Waals surface area contributed by atoms with Gasteiger partial charge in [-0.1, -0.05) is 12.1 Å². The number of pyridine rings is 2. The van der Waals surface area contributed by atoms with Crippen LogP contribution in [0.15, 0.2) is 65.5 Å². The molecule has 1 saturated carbocycles. The number of furan rings is 1. The van der Waals surface area contributed by atoms with Crippen LogP contribution in [0.1, 0.15) is 32.1 Å². The molecular formula is C29H33N5O3. The van der Waals surface area contributed by atoms with E-state index >= 15 is 0 Å². The van der Waals surface area contributed by atoms with E-state index in [-0.39, 0.29) is 12.1 Å². The lowest BCUT2D eigenvalue weighted by Crippen LogP contribution is -2.47. The number of nitrogens with one attached hydrogen (secondary N) is 1. The molecule has 2 aliphatic rings. The Hall–Kier alpha value is -3.65. The summed E-state index contributed by atoms with van der Waals surface area (Å²) in [5.74, 6) is 2.30. The number of nitrogens with zero attached hydrogens (tertiary/aromatic N) is 4. The average molecular weight is 500 g/mol. The zero-order valence-corrected chi connectivity index (χ0v) is 21.0. The monoisotopic (exact) mass is 499 g/mol. The van der Waals surface area contributed by atoms with Crippen molar-refractivity contribution in [3.63, 3.8) is 0 Å². The number of fused-ring (bicyclic) bond motifs is 2. The van der Waals surface area contributed by atoms with E-state index in [1.807, 2.05) is 42.6 Å². The summed E-state index contributed by atoms with van der Waals surface area (Å²) in [6, 6.07) is 13.5. The predicted octanol–water partition coefficient (Wildman–Crippen LogP) is 5.24. The van der Waals surface area contributed by atoms with Crippen LogP contribution >= 0.6 is 0 Å². The van der Waals surface area contributed by atoms with Crippen molar-refractivity contribution >= 4 is 33.8 Å². The molecule has 2 fully saturated rings. The summed E-state index contributed by atoms with van der Waals surface area (Å²) in [4.78, 5) is 26.4. The van der Waals surface area contributed by atoms with Gasteiger partial charge in [-0.25, -0.2) is 9.78 Å². The number of anilines is 1. The molecule has 0 unspecified atom stereocenters. The van der Waals surface area contributed by atoms with Crippen LogP contribution in [0.4, 0.5) is 10.6 Å². The van der Waals surface area contributed by atoms with Gasteiger partial charge in [0.05, 0.1) is 17.2 Å². The lowest BCUT2D eigenvalue weighted by molar-refractivity contribution is 0.183.